The summed E-state index contributed by atoms with van der Waals surface area (Å²) in [6.07, 6.45) is 5.32. The van der Waals surface area contributed by atoms with Crippen LogP contribution in [-0.4, -0.2) is 31.1 Å². The van der Waals surface area contributed by atoms with Gasteiger partial charge in [-0.25, -0.2) is 0 Å². The Bertz CT molecular complexity index is 681. The van der Waals surface area contributed by atoms with Gasteiger partial charge in [0.15, 0.2) is 11.5 Å². The molecule has 1 fully saturated rings. The predicted molar refractivity (Wildman–Crippen MR) is 103 cm³/mol. The Morgan fingerprint density at radius 1 is 1.04 bits per heavy atom. The highest BCUT2D eigenvalue weighted by Crippen LogP contribution is 2.42. The lowest BCUT2D eigenvalue weighted by Gasteiger charge is -2.32. The quantitative estimate of drug-likeness (QED) is 0.769. The van der Waals surface area contributed by atoms with Crippen LogP contribution in [0.5, 0.6) is 11.5 Å². The highest BCUT2D eigenvalue weighted by molar-refractivity contribution is 5.79. The van der Waals surface area contributed by atoms with E-state index < -0.39 is 0 Å². The largest absolute Gasteiger partial charge is 0.486 e. The van der Waals surface area contributed by atoms with E-state index in [1.165, 1.54) is 0 Å². The molecule has 2 N–H and O–H groups in total. The van der Waals surface area contributed by atoms with Crippen molar-refractivity contribution in [2.45, 2.75) is 70.4 Å². The number of nitrogens with one attached hydrogen (secondary N) is 2. The van der Waals surface area contributed by atoms with Crippen molar-refractivity contribution in [1.82, 2.24) is 10.6 Å². The molecule has 0 atom stereocenters. The summed E-state index contributed by atoms with van der Waals surface area (Å²) < 4.78 is 11.3. The molecule has 3 rings (SSSR count). The predicted octanol–water partition coefficient (Wildman–Crippen LogP) is 3.04. The van der Waals surface area contributed by atoms with Gasteiger partial charge in [0.05, 0.1) is 5.54 Å². The van der Waals surface area contributed by atoms with Crippen LogP contribution >= 0.6 is 0 Å². The van der Waals surface area contributed by atoms with Gasteiger partial charge in [0, 0.05) is 18.9 Å². The second kappa shape index (κ2) is 8.63. The number of carbonyl (C=O) groups is 2. The van der Waals surface area contributed by atoms with Gasteiger partial charge >= 0.3 is 0 Å². The first-order valence-corrected chi connectivity index (χ1v) is 9.99. The molecule has 0 radical (unpaired) electrons. The molecule has 1 aromatic carbocycles. The number of amides is 2. The maximum absolute atomic E-state index is 12.6. The fourth-order valence-electron chi connectivity index (χ4n) is 3.94. The number of rotatable bonds is 7. The Morgan fingerprint density at radius 3 is 2.41 bits per heavy atom. The summed E-state index contributed by atoms with van der Waals surface area (Å²) in [5, 5.41) is 6.12. The maximum atomic E-state index is 12.6. The second-order valence-corrected chi connectivity index (χ2v) is 7.77. The lowest BCUT2D eigenvalue weighted by Crippen LogP contribution is -2.43. The van der Waals surface area contributed by atoms with Gasteiger partial charge in [-0.2, -0.15) is 0 Å². The van der Waals surface area contributed by atoms with E-state index in [0.717, 1.165) is 42.7 Å². The molecule has 1 aliphatic carbocycles. The molecule has 0 unspecified atom stereocenters. The van der Waals surface area contributed by atoms with Gasteiger partial charge in [-0.15, -0.1) is 0 Å². The van der Waals surface area contributed by atoms with Crippen molar-refractivity contribution in [3.05, 3.63) is 23.8 Å². The zero-order valence-electron chi connectivity index (χ0n) is 16.3. The van der Waals surface area contributed by atoms with Gasteiger partial charge in [-0.05, 0) is 50.8 Å². The monoisotopic (exact) mass is 374 g/mol. The molecular formula is C21H30N2O4. The van der Waals surface area contributed by atoms with Gasteiger partial charge < -0.3 is 20.1 Å². The van der Waals surface area contributed by atoms with Gasteiger partial charge in [-0.1, -0.05) is 18.9 Å². The Hall–Kier alpha value is -2.24. The van der Waals surface area contributed by atoms with Crippen LogP contribution in [0.2, 0.25) is 0 Å². The summed E-state index contributed by atoms with van der Waals surface area (Å²) in [6, 6.07) is 6.11. The third-order valence-electron chi connectivity index (χ3n) is 5.19. The van der Waals surface area contributed by atoms with E-state index in [4.69, 9.17) is 9.47 Å². The highest BCUT2D eigenvalue weighted by Gasteiger charge is 2.37. The van der Waals surface area contributed by atoms with E-state index in [9.17, 15) is 9.59 Å². The molecule has 27 heavy (non-hydrogen) atoms. The van der Waals surface area contributed by atoms with Crippen LogP contribution in [0.3, 0.4) is 0 Å². The second-order valence-electron chi connectivity index (χ2n) is 7.77. The SMILES string of the molecule is CC(C)NC(=O)CCCC(=O)NC1(c2ccc3c(c2)OCCO3)CCCC1. The van der Waals surface area contributed by atoms with Crippen molar-refractivity contribution in [2.75, 3.05) is 13.2 Å². The smallest absolute Gasteiger partial charge is 0.220 e. The standard InChI is InChI=1S/C21H30N2O4/c1-15(2)22-19(24)6-5-7-20(25)23-21(10-3-4-11-21)16-8-9-17-18(14-16)27-13-12-26-17/h8-9,14-15H,3-7,10-13H2,1-2H3,(H,22,24)(H,23,25). The molecule has 1 aromatic rings. The summed E-state index contributed by atoms with van der Waals surface area (Å²) in [7, 11) is 0. The average Bonchev–Trinajstić information content (AvgIpc) is 3.10. The Morgan fingerprint density at radius 2 is 1.70 bits per heavy atom. The van der Waals surface area contributed by atoms with Crippen LogP contribution < -0.4 is 20.1 Å². The van der Waals surface area contributed by atoms with Crippen LogP contribution in [0.4, 0.5) is 0 Å². The molecule has 148 valence electrons. The summed E-state index contributed by atoms with van der Waals surface area (Å²) >= 11 is 0. The third-order valence-corrected chi connectivity index (χ3v) is 5.19. The number of benzene rings is 1. The first-order valence-electron chi connectivity index (χ1n) is 9.99. The normalized spacial score (nSPS) is 17.6. The number of hydrogen-bond acceptors (Lipinski definition) is 4. The van der Waals surface area contributed by atoms with E-state index >= 15 is 0 Å². The molecule has 0 aromatic heterocycles. The number of carbonyl (C=O) groups excluding carboxylic acids is 2. The molecule has 2 aliphatic rings. The van der Waals surface area contributed by atoms with E-state index in [2.05, 4.69) is 10.6 Å². The molecule has 0 saturated heterocycles. The Balaban J connectivity index is 1.61. The Labute approximate surface area is 161 Å². The van der Waals surface area contributed by atoms with Gasteiger partial charge in [-0.3, -0.25) is 9.59 Å². The topological polar surface area (TPSA) is 76.7 Å². The van der Waals surface area contributed by atoms with Gasteiger partial charge in [0.25, 0.3) is 0 Å². The number of ether oxygens (including phenoxy) is 2. The summed E-state index contributed by atoms with van der Waals surface area (Å²) in [6.45, 7) is 4.98. The van der Waals surface area contributed by atoms with Crippen molar-refractivity contribution in [3.8, 4) is 11.5 Å². The van der Waals surface area contributed by atoms with Crippen molar-refractivity contribution < 1.29 is 19.1 Å². The van der Waals surface area contributed by atoms with Crippen molar-refractivity contribution in [3.63, 3.8) is 0 Å². The van der Waals surface area contributed by atoms with Crippen LogP contribution in [0.1, 0.15) is 64.4 Å². The lowest BCUT2D eigenvalue weighted by atomic mass is 9.87. The number of fused-ring (bicyclic) bond motifs is 1. The van der Waals surface area contributed by atoms with Crippen molar-refractivity contribution in [1.29, 1.82) is 0 Å². The third kappa shape index (κ3) is 4.93. The van der Waals surface area contributed by atoms with Crippen LogP contribution in [-0.2, 0) is 15.1 Å². The molecule has 1 saturated carbocycles. The van der Waals surface area contributed by atoms with E-state index in [0.29, 0.717) is 32.5 Å². The number of hydrogen-bond donors (Lipinski definition) is 2. The maximum Gasteiger partial charge on any atom is 0.220 e. The fourth-order valence-corrected chi connectivity index (χ4v) is 3.94. The van der Waals surface area contributed by atoms with Gasteiger partial charge in [0.1, 0.15) is 13.2 Å². The molecule has 0 spiro atoms. The minimum Gasteiger partial charge on any atom is -0.486 e. The zero-order chi connectivity index (χ0) is 19.3. The lowest BCUT2D eigenvalue weighted by molar-refractivity contribution is -0.123. The van der Waals surface area contributed by atoms with Crippen LogP contribution in [0.15, 0.2) is 18.2 Å². The molecular weight excluding hydrogens is 344 g/mol. The summed E-state index contributed by atoms with van der Waals surface area (Å²) in [5.74, 6) is 1.52. The first-order chi connectivity index (χ1) is 13.0. The highest BCUT2D eigenvalue weighted by atomic mass is 16.6. The zero-order valence-corrected chi connectivity index (χ0v) is 16.3. The Kier molecular flexibility index (Phi) is 6.24. The molecule has 1 heterocycles. The molecule has 6 heteroatoms. The first kappa shape index (κ1) is 19.5. The van der Waals surface area contributed by atoms with E-state index in [1.54, 1.807) is 0 Å². The van der Waals surface area contributed by atoms with Crippen molar-refractivity contribution in [2.24, 2.45) is 0 Å². The van der Waals surface area contributed by atoms with Gasteiger partial charge in [0.2, 0.25) is 11.8 Å². The van der Waals surface area contributed by atoms with Crippen LogP contribution in [0, 0.1) is 0 Å². The summed E-state index contributed by atoms with van der Waals surface area (Å²) in [4.78, 5) is 24.3. The summed E-state index contributed by atoms with van der Waals surface area (Å²) in [5.41, 5.74) is 0.739. The van der Waals surface area contributed by atoms with E-state index in [-0.39, 0.29) is 23.4 Å². The fraction of sp³-hybridized carbons (Fsp3) is 0.619. The van der Waals surface area contributed by atoms with E-state index in [1.807, 2.05) is 32.0 Å². The molecule has 6 nitrogen and oxygen atoms in total. The minimum absolute atomic E-state index is 0.000200. The molecule has 1 aliphatic heterocycles. The average molecular weight is 374 g/mol. The minimum atomic E-state index is -0.340. The van der Waals surface area contributed by atoms with Crippen LogP contribution in [0.25, 0.3) is 0 Å². The molecule has 2 amide bonds. The van der Waals surface area contributed by atoms with Crippen molar-refractivity contribution >= 4 is 11.8 Å². The molecule has 0 bridgehead atoms.